The number of aryl methyl sites for hydroxylation is 2. The number of nitrogens with zero attached hydrogens (tertiary/aromatic N) is 1. The van der Waals surface area contributed by atoms with E-state index in [0.717, 1.165) is 15.6 Å². The summed E-state index contributed by atoms with van der Waals surface area (Å²) < 4.78 is 2.85. The zero-order valence-corrected chi connectivity index (χ0v) is 10.3. The first-order valence-electron chi connectivity index (χ1n) is 5.09. The van der Waals surface area contributed by atoms with Crippen LogP contribution in [0.1, 0.15) is 30.9 Å². The molecule has 0 saturated heterocycles. The molecule has 2 heterocycles. The van der Waals surface area contributed by atoms with E-state index < -0.39 is 0 Å². The fourth-order valence-electron chi connectivity index (χ4n) is 1.84. The van der Waals surface area contributed by atoms with E-state index >= 15 is 0 Å². The molecule has 0 spiro atoms. The van der Waals surface area contributed by atoms with Crippen LogP contribution in [-0.4, -0.2) is 4.57 Å². The smallest absolute Gasteiger partial charge is 0.259 e. The van der Waals surface area contributed by atoms with Gasteiger partial charge in [-0.15, -0.1) is 11.3 Å². The van der Waals surface area contributed by atoms with Crippen LogP contribution in [-0.2, 0) is 7.05 Å². The van der Waals surface area contributed by atoms with Crippen LogP contribution in [0.2, 0.25) is 0 Å². The molecular formula is C12H15NOS. The highest BCUT2D eigenvalue weighted by molar-refractivity contribution is 7.17. The van der Waals surface area contributed by atoms with Gasteiger partial charge >= 0.3 is 0 Å². The maximum Gasteiger partial charge on any atom is 0.259 e. The third kappa shape index (κ3) is 1.51. The van der Waals surface area contributed by atoms with Gasteiger partial charge in [-0.3, -0.25) is 4.79 Å². The first-order valence-corrected chi connectivity index (χ1v) is 5.97. The minimum absolute atomic E-state index is 0.119. The zero-order chi connectivity index (χ0) is 11.2. The molecule has 0 N–H and O–H groups in total. The summed E-state index contributed by atoms with van der Waals surface area (Å²) in [7, 11) is 1.82. The number of hydrogen-bond donors (Lipinski definition) is 0. The first-order chi connectivity index (χ1) is 7.02. The third-order valence-corrected chi connectivity index (χ3v) is 3.87. The van der Waals surface area contributed by atoms with Crippen molar-refractivity contribution in [3.63, 3.8) is 0 Å². The van der Waals surface area contributed by atoms with Crippen LogP contribution in [0.25, 0.3) is 10.1 Å². The maximum atomic E-state index is 12.0. The lowest BCUT2D eigenvalue weighted by atomic mass is 10.0. The monoisotopic (exact) mass is 221 g/mol. The molecule has 0 aliphatic rings. The molecule has 0 saturated carbocycles. The molecule has 80 valence electrons. The summed E-state index contributed by atoms with van der Waals surface area (Å²) >= 11 is 1.68. The Balaban J connectivity index is 2.97. The van der Waals surface area contributed by atoms with Crippen LogP contribution >= 0.6 is 11.3 Å². The van der Waals surface area contributed by atoms with E-state index in [-0.39, 0.29) is 5.56 Å². The summed E-state index contributed by atoms with van der Waals surface area (Å²) in [6.45, 7) is 6.33. The van der Waals surface area contributed by atoms with Crippen molar-refractivity contribution in [2.75, 3.05) is 0 Å². The number of rotatable bonds is 1. The van der Waals surface area contributed by atoms with E-state index in [0.29, 0.717) is 5.92 Å². The van der Waals surface area contributed by atoms with E-state index in [2.05, 4.69) is 19.2 Å². The van der Waals surface area contributed by atoms with E-state index in [9.17, 15) is 4.79 Å². The Labute approximate surface area is 93.2 Å². The van der Waals surface area contributed by atoms with Gasteiger partial charge in [-0.1, -0.05) is 13.8 Å². The summed E-state index contributed by atoms with van der Waals surface area (Å²) in [6.07, 6.45) is 1.96. The van der Waals surface area contributed by atoms with E-state index in [1.807, 2.05) is 20.2 Å². The molecule has 3 heteroatoms. The van der Waals surface area contributed by atoms with Crippen molar-refractivity contribution < 1.29 is 0 Å². The second-order valence-electron chi connectivity index (χ2n) is 4.28. The zero-order valence-electron chi connectivity index (χ0n) is 9.50. The summed E-state index contributed by atoms with van der Waals surface area (Å²) in [5.41, 5.74) is 2.48. The van der Waals surface area contributed by atoms with Crippen molar-refractivity contribution in [1.29, 1.82) is 0 Å². The van der Waals surface area contributed by atoms with Crippen LogP contribution in [0.4, 0.5) is 0 Å². The standard InChI is InChI=1S/C12H15NOS/c1-7(2)9-5-13(4)12(14)10-8(3)6-15-11(9)10/h5-7H,1-4H3. The average Bonchev–Trinajstić information content (AvgIpc) is 2.54. The molecule has 0 aromatic carbocycles. The minimum atomic E-state index is 0.119. The molecular weight excluding hydrogens is 206 g/mol. The number of aromatic nitrogens is 1. The van der Waals surface area contributed by atoms with E-state index in [1.165, 1.54) is 5.56 Å². The minimum Gasteiger partial charge on any atom is -0.318 e. The lowest BCUT2D eigenvalue weighted by molar-refractivity contribution is 0.811. The van der Waals surface area contributed by atoms with E-state index in [4.69, 9.17) is 0 Å². The molecule has 15 heavy (non-hydrogen) atoms. The van der Waals surface area contributed by atoms with Crippen LogP contribution < -0.4 is 5.56 Å². The SMILES string of the molecule is Cc1csc2c(C(C)C)cn(C)c(=O)c12. The molecule has 2 nitrogen and oxygen atoms in total. The van der Waals surface area contributed by atoms with Crippen LogP contribution in [0.5, 0.6) is 0 Å². The highest BCUT2D eigenvalue weighted by atomic mass is 32.1. The second-order valence-corrected chi connectivity index (χ2v) is 5.16. The third-order valence-electron chi connectivity index (χ3n) is 2.73. The Morgan fingerprint density at radius 2 is 2.07 bits per heavy atom. The molecule has 0 aliphatic heterocycles. The molecule has 0 aliphatic carbocycles. The van der Waals surface area contributed by atoms with Gasteiger partial charge in [0.1, 0.15) is 0 Å². The molecule has 0 amide bonds. The van der Waals surface area contributed by atoms with Gasteiger partial charge in [0.05, 0.1) is 5.39 Å². The fraction of sp³-hybridized carbons (Fsp3) is 0.417. The molecule has 2 aromatic rings. The Morgan fingerprint density at radius 1 is 1.40 bits per heavy atom. The average molecular weight is 221 g/mol. The van der Waals surface area contributed by atoms with Gasteiger partial charge in [0.15, 0.2) is 0 Å². The van der Waals surface area contributed by atoms with Crippen molar-refractivity contribution in [2.24, 2.45) is 7.05 Å². The highest BCUT2D eigenvalue weighted by Crippen LogP contribution is 2.29. The van der Waals surface area contributed by atoms with Gasteiger partial charge < -0.3 is 4.57 Å². The summed E-state index contributed by atoms with van der Waals surface area (Å²) in [5, 5.41) is 2.96. The quantitative estimate of drug-likeness (QED) is 0.725. The molecule has 0 bridgehead atoms. The number of pyridine rings is 1. The Bertz CT molecular complexity index is 563. The summed E-state index contributed by atoms with van der Waals surface area (Å²) in [5.74, 6) is 0.456. The van der Waals surface area contributed by atoms with Gasteiger partial charge in [0.2, 0.25) is 0 Å². The lowest BCUT2D eigenvalue weighted by Gasteiger charge is -2.09. The molecule has 0 radical (unpaired) electrons. The predicted octanol–water partition coefficient (Wildman–Crippen LogP) is 3.03. The normalized spacial score (nSPS) is 11.5. The largest absolute Gasteiger partial charge is 0.318 e. The van der Waals surface area contributed by atoms with Crippen LogP contribution in [0.15, 0.2) is 16.4 Å². The highest BCUT2D eigenvalue weighted by Gasteiger charge is 2.13. The van der Waals surface area contributed by atoms with E-state index in [1.54, 1.807) is 15.9 Å². The molecule has 0 fully saturated rings. The fourth-order valence-corrected chi connectivity index (χ4v) is 3.04. The van der Waals surface area contributed by atoms with Crippen molar-refractivity contribution in [1.82, 2.24) is 4.57 Å². The topological polar surface area (TPSA) is 22.0 Å². The van der Waals surface area contributed by atoms with Gasteiger partial charge in [0, 0.05) is 17.9 Å². The maximum absolute atomic E-state index is 12.0. The van der Waals surface area contributed by atoms with Crippen molar-refractivity contribution in [3.05, 3.63) is 33.1 Å². The summed E-state index contributed by atoms with van der Waals surface area (Å²) in [6, 6.07) is 0. The Kier molecular flexibility index (Phi) is 2.43. The van der Waals surface area contributed by atoms with Gasteiger partial charge in [-0.05, 0) is 29.3 Å². The summed E-state index contributed by atoms with van der Waals surface area (Å²) in [4.78, 5) is 12.0. The van der Waals surface area contributed by atoms with Crippen molar-refractivity contribution in [3.8, 4) is 0 Å². The first kappa shape index (κ1) is 10.4. The molecule has 2 rings (SSSR count). The Morgan fingerprint density at radius 3 is 2.67 bits per heavy atom. The number of fused-ring (bicyclic) bond motifs is 1. The lowest BCUT2D eigenvalue weighted by Crippen LogP contribution is -2.17. The van der Waals surface area contributed by atoms with Crippen molar-refractivity contribution >= 4 is 21.4 Å². The Hall–Kier alpha value is -1.09. The molecule has 0 atom stereocenters. The van der Waals surface area contributed by atoms with Crippen LogP contribution in [0, 0.1) is 6.92 Å². The predicted molar refractivity (Wildman–Crippen MR) is 65.9 cm³/mol. The van der Waals surface area contributed by atoms with Gasteiger partial charge in [0.25, 0.3) is 5.56 Å². The second kappa shape index (κ2) is 3.49. The number of hydrogen-bond acceptors (Lipinski definition) is 2. The van der Waals surface area contributed by atoms with Crippen molar-refractivity contribution in [2.45, 2.75) is 26.7 Å². The van der Waals surface area contributed by atoms with Gasteiger partial charge in [-0.2, -0.15) is 0 Å². The number of thiophene rings is 1. The molecule has 0 unspecified atom stereocenters. The molecule has 2 aromatic heterocycles. The van der Waals surface area contributed by atoms with Crippen LogP contribution in [0.3, 0.4) is 0 Å². The van der Waals surface area contributed by atoms with Gasteiger partial charge in [-0.25, -0.2) is 0 Å².